The lowest BCUT2D eigenvalue weighted by Crippen LogP contribution is -2.38. The van der Waals surface area contributed by atoms with Crippen molar-refractivity contribution in [2.75, 3.05) is 31.2 Å². The van der Waals surface area contributed by atoms with Crippen molar-refractivity contribution < 1.29 is 17.9 Å². The first-order valence-electron chi connectivity index (χ1n) is 8.44. The summed E-state index contributed by atoms with van der Waals surface area (Å²) in [5.74, 6) is 0.328. The Morgan fingerprint density at radius 3 is 2.64 bits per heavy atom. The standard InChI is InChI=1S/C17H15BrF3N5O2/c1-9-6-10(18)7-12(17(19,20)21)13(9)26-8-11-14(24-26)22-16(23-15(11)27)25-2-4-28-5-3-25/h6-8H,2-5H2,1H3,(H,22,23,24,27). The van der Waals surface area contributed by atoms with Crippen LogP contribution in [0.3, 0.4) is 0 Å². The summed E-state index contributed by atoms with van der Waals surface area (Å²) in [5.41, 5.74) is -1.00. The summed E-state index contributed by atoms with van der Waals surface area (Å²) in [4.78, 5) is 21.3. The molecule has 0 spiro atoms. The molecule has 1 aromatic carbocycles. The normalized spacial score (nSPS) is 15.4. The molecule has 0 atom stereocenters. The third-order valence-corrected chi connectivity index (χ3v) is 4.94. The number of aromatic nitrogens is 4. The maximum atomic E-state index is 13.6. The van der Waals surface area contributed by atoms with Crippen LogP contribution >= 0.6 is 15.9 Å². The van der Waals surface area contributed by atoms with Crippen LogP contribution in [-0.2, 0) is 10.9 Å². The Kier molecular flexibility index (Phi) is 4.66. The lowest BCUT2D eigenvalue weighted by atomic mass is 10.1. The van der Waals surface area contributed by atoms with Crippen molar-refractivity contribution in [3.8, 4) is 5.69 Å². The van der Waals surface area contributed by atoms with Gasteiger partial charge >= 0.3 is 6.18 Å². The Morgan fingerprint density at radius 1 is 1.25 bits per heavy atom. The molecule has 0 saturated carbocycles. The van der Waals surface area contributed by atoms with E-state index in [1.165, 1.54) is 6.20 Å². The van der Waals surface area contributed by atoms with Gasteiger partial charge in [0.1, 0.15) is 5.39 Å². The zero-order chi connectivity index (χ0) is 20.1. The Hall–Kier alpha value is -2.40. The van der Waals surface area contributed by atoms with Gasteiger partial charge in [-0.1, -0.05) is 15.9 Å². The minimum Gasteiger partial charge on any atom is -0.378 e. The molecule has 1 saturated heterocycles. The predicted octanol–water partition coefficient (Wildman–Crippen LogP) is 3.04. The number of nitrogens with one attached hydrogen (secondary N) is 1. The van der Waals surface area contributed by atoms with E-state index in [0.29, 0.717) is 42.3 Å². The molecule has 0 aliphatic carbocycles. The molecular formula is C17H15BrF3N5O2. The Labute approximate surface area is 165 Å². The van der Waals surface area contributed by atoms with Crippen molar-refractivity contribution in [3.63, 3.8) is 0 Å². The zero-order valence-corrected chi connectivity index (χ0v) is 16.3. The van der Waals surface area contributed by atoms with E-state index in [1.807, 2.05) is 4.90 Å². The number of hydrogen-bond donors (Lipinski definition) is 1. The van der Waals surface area contributed by atoms with Gasteiger partial charge in [0.2, 0.25) is 5.95 Å². The van der Waals surface area contributed by atoms with Gasteiger partial charge in [0.05, 0.1) is 24.5 Å². The smallest absolute Gasteiger partial charge is 0.378 e. The number of H-pyrrole nitrogens is 1. The van der Waals surface area contributed by atoms with Crippen molar-refractivity contribution in [1.82, 2.24) is 19.7 Å². The minimum atomic E-state index is -4.58. The van der Waals surface area contributed by atoms with E-state index in [9.17, 15) is 18.0 Å². The highest BCUT2D eigenvalue weighted by atomic mass is 79.9. The summed E-state index contributed by atoms with van der Waals surface area (Å²) in [5, 5.41) is 4.29. The number of morpholine rings is 1. The average molecular weight is 458 g/mol. The largest absolute Gasteiger partial charge is 0.418 e. The van der Waals surface area contributed by atoms with Gasteiger partial charge in [-0.2, -0.15) is 18.2 Å². The molecule has 3 aromatic rings. The van der Waals surface area contributed by atoms with Crippen LogP contribution in [0.2, 0.25) is 0 Å². The molecule has 4 rings (SSSR count). The van der Waals surface area contributed by atoms with Crippen LogP contribution in [-0.4, -0.2) is 46.1 Å². The van der Waals surface area contributed by atoms with E-state index < -0.39 is 17.3 Å². The number of aromatic amines is 1. The quantitative estimate of drug-likeness (QED) is 0.639. The number of alkyl halides is 3. The van der Waals surface area contributed by atoms with Gasteiger partial charge in [-0.05, 0) is 24.6 Å². The van der Waals surface area contributed by atoms with Crippen LogP contribution in [0.15, 0.2) is 27.6 Å². The molecule has 1 N–H and O–H groups in total. The lowest BCUT2D eigenvalue weighted by molar-refractivity contribution is -0.137. The summed E-state index contributed by atoms with van der Waals surface area (Å²) < 4.78 is 47.4. The van der Waals surface area contributed by atoms with Gasteiger partial charge in [0, 0.05) is 23.8 Å². The Morgan fingerprint density at radius 2 is 1.96 bits per heavy atom. The van der Waals surface area contributed by atoms with Crippen molar-refractivity contribution in [1.29, 1.82) is 0 Å². The number of aryl methyl sites for hydroxylation is 1. The van der Waals surface area contributed by atoms with Gasteiger partial charge in [0.15, 0.2) is 5.65 Å². The second kappa shape index (κ2) is 6.89. The van der Waals surface area contributed by atoms with Crippen LogP contribution in [0.5, 0.6) is 0 Å². The van der Waals surface area contributed by atoms with Crippen molar-refractivity contribution in [2.24, 2.45) is 0 Å². The third kappa shape index (κ3) is 3.39. The number of fused-ring (bicyclic) bond motifs is 1. The van der Waals surface area contributed by atoms with E-state index in [1.54, 1.807) is 13.0 Å². The predicted molar refractivity (Wildman–Crippen MR) is 100.0 cm³/mol. The summed E-state index contributed by atoms with van der Waals surface area (Å²) in [6.07, 6.45) is -3.31. The number of ether oxygens (including phenoxy) is 1. The molecule has 11 heteroatoms. The van der Waals surface area contributed by atoms with Gasteiger partial charge in [-0.3, -0.25) is 9.78 Å². The number of benzene rings is 1. The summed E-state index contributed by atoms with van der Waals surface area (Å²) in [6.45, 7) is 3.67. The molecule has 1 fully saturated rings. The van der Waals surface area contributed by atoms with Gasteiger partial charge < -0.3 is 9.64 Å². The second-order valence-corrected chi connectivity index (χ2v) is 7.33. The SMILES string of the molecule is Cc1cc(Br)cc(C(F)(F)F)c1-n1cc2c(=O)[nH]c(N3CCOCC3)nc2n1. The number of anilines is 1. The van der Waals surface area contributed by atoms with Crippen molar-refractivity contribution >= 4 is 32.9 Å². The Bertz CT molecular complexity index is 1100. The van der Waals surface area contributed by atoms with E-state index in [0.717, 1.165) is 10.7 Å². The first-order chi connectivity index (χ1) is 13.2. The third-order valence-electron chi connectivity index (χ3n) is 4.49. The molecule has 0 unspecified atom stereocenters. The lowest BCUT2D eigenvalue weighted by Gasteiger charge is -2.26. The van der Waals surface area contributed by atoms with E-state index in [-0.39, 0.29) is 16.7 Å². The monoisotopic (exact) mass is 457 g/mol. The molecule has 0 radical (unpaired) electrons. The summed E-state index contributed by atoms with van der Waals surface area (Å²) in [6, 6.07) is 2.55. The molecule has 7 nitrogen and oxygen atoms in total. The summed E-state index contributed by atoms with van der Waals surface area (Å²) in [7, 11) is 0. The zero-order valence-electron chi connectivity index (χ0n) is 14.7. The first-order valence-corrected chi connectivity index (χ1v) is 9.23. The molecule has 1 aliphatic heterocycles. The number of hydrogen-bond acceptors (Lipinski definition) is 5. The highest BCUT2D eigenvalue weighted by Crippen LogP contribution is 2.37. The van der Waals surface area contributed by atoms with Gasteiger partial charge in [-0.25, -0.2) is 4.68 Å². The van der Waals surface area contributed by atoms with E-state index >= 15 is 0 Å². The number of nitrogens with zero attached hydrogens (tertiary/aromatic N) is 4. The molecule has 3 heterocycles. The second-order valence-electron chi connectivity index (χ2n) is 6.42. The highest BCUT2D eigenvalue weighted by Gasteiger charge is 2.35. The molecule has 2 aromatic heterocycles. The van der Waals surface area contributed by atoms with Crippen LogP contribution in [0.25, 0.3) is 16.7 Å². The fourth-order valence-electron chi connectivity index (χ4n) is 3.20. The van der Waals surface area contributed by atoms with Crippen LogP contribution in [0.1, 0.15) is 11.1 Å². The molecule has 148 valence electrons. The fourth-order valence-corrected chi connectivity index (χ4v) is 3.77. The van der Waals surface area contributed by atoms with E-state index in [2.05, 4.69) is 31.0 Å². The topological polar surface area (TPSA) is 76.0 Å². The van der Waals surface area contributed by atoms with Crippen LogP contribution in [0.4, 0.5) is 19.1 Å². The van der Waals surface area contributed by atoms with Crippen LogP contribution < -0.4 is 10.5 Å². The molecular weight excluding hydrogens is 443 g/mol. The first kappa shape index (κ1) is 18.9. The Balaban J connectivity index is 1.87. The molecule has 28 heavy (non-hydrogen) atoms. The van der Waals surface area contributed by atoms with Crippen molar-refractivity contribution in [2.45, 2.75) is 13.1 Å². The maximum absolute atomic E-state index is 13.6. The van der Waals surface area contributed by atoms with Gasteiger partial charge in [-0.15, -0.1) is 5.10 Å². The average Bonchev–Trinajstić information content (AvgIpc) is 3.05. The van der Waals surface area contributed by atoms with Gasteiger partial charge in [0.25, 0.3) is 5.56 Å². The van der Waals surface area contributed by atoms with Crippen LogP contribution in [0, 0.1) is 6.92 Å². The fraction of sp³-hybridized carbons (Fsp3) is 0.353. The molecule has 1 aliphatic rings. The minimum absolute atomic E-state index is 0.0840. The van der Waals surface area contributed by atoms with Crippen molar-refractivity contribution in [3.05, 3.63) is 44.3 Å². The number of rotatable bonds is 2. The maximum Gasteiger partial charge on any atom is 0.418 e. The number of halogens is 4. The molecule has 0 bridgehead atoms. The molecule has 0 amide bonds. The van der Waals surface area contributed by atoms with E-state index in [4.69, 9.17) is 4.74 Å². The highest BCUT2D eigenvalue weighted by molar-refractivity contribution is 9.10. The summed E-state index contributed by atoms with van der Waals surface area (Å²) >= 11 is 3.10.